The summed E-state index contributed by atoms with van der Waals surface area (Å²) >= 11 is 1.75. The van der Waals surface area contributed by atoms with Gasteiger partial charge in [0.05, 0.1) is 12.7 Å². The van der Waals surface area contributed by atoms with E-state index in [1.807, 2.05) is 0 Å². The summed E-state index contributed by atoms with van der Waals surface area (Å²) in [6, 6.07) is 8.38. The minimum atomic E-state index is 0.328. The molecule has 1 saturated heterocycles. The van der Waals surface area contributed by atoms with Crippen molar-refractivity contribution in [2.75, 3.05) is 32.5 Å². The van der Waals surface area contributed by atoms with Crippen molar-refractivity contribution in [1.29, 1.82) is 0 Å². The molecule has 0 atom stereocenters. The van der Waals surface area contributed by atoms with Crippen molar-refractivity contribution < 1.29 is 9.47 Å². The molecule has 0 bridgehead atoms. The molecule has 4 heteroatoms. The van der Waals surface area contributed by atoms with Crippen LogP contribution in [0.25, 0.3) is 0 Å². The molecule has 118 valence electrons. The van der Waals surface area contributed by atoms with E-state index in [1.54, 1.807) is 11.8 Å². The van der Waals surface area contributed by atoms with Crippen LogP contribution < -0.4 is 4.74 Å². The first kappa shape index (κ1) is 16.7. The number of rotatable bonds is 7. The Bertz CT molecular complexity index is 417. The van der Waals surface area contributed by atoms with E-state index in [9.17, 15) is 0 Å². The average molecular weight is 309 g/mol. The lowest BCUT2D eigenvalue weighted by atomic mass is 10.1. The molecule has 0 radical (unpaired) electrons. The fourth-order valence-electron chi connectivity index (χ4n) is 2.54. The number of likely N-dealkylation sites (tertiary alicyclic amines) is 1. The first-order valence-electron chi connectivity index (χ1n) is 7.82. The highest BCUT2D eigenvalue weighted by Crippen LogP contribution is 2.23. The average Bonchev–Trinajstić information content (AvgIpc) is 2.49. The number of ether oxygens (including phenoxy) is 2. The van der Waals surface area contributed by atoms with E-state index in [0.29, 0.717) is 12.2 Å². The molecule has 0 N–H and O–H groups in total. The fraction of sp³-hybridized carbons (Fsp3) is 0.647. The second-order valence-corrected chi connectivity index (χ2v) is 6.64. The molecule has 1 aliphatic rings. The Labute approximate surface area is 133 Å². The summed E-state index contributed by atoms with van der Waals surface area (Å²) in [5, 5.41) is 0. The molecule has 1 heterocycles. The summed E-state index contributed by atoms with van der Waals surface area (Å²) < 4.78 is 11.7. The zero-order valence-electron chi connectivity index (χ0n) is 13.4. The molecule has 0 aliphatic carbocycles. The Hall–Kier alpha value is -0.710. The van der Waals surface area contributed by atoms with Crippen molar-refractivity contribution >= 4 is 11.8 Å². The minimum absolute atomic E-state index is 0.328. The molecule has 1 aromatic carbocycles. The van der Waals surface area contributed by atoms with Crippen LogP contribution in [0.15, 0.2) is 29.2 Å². The topological polar surface area (TPSA) is 21.7 Å². The molecule has 3 nitrogen and oxygen atoms in total. The van der Waals surface area contributed by atoms with E-state index in [0.717, 1.165) is 44.8 Å². The van der Waals surface area contributed by atoms with Crippen molar-refractivity contribution in [3.8, 4) is 5.75 Å². The van der Waals surface area contributed by atoms with E-state index < -0.39 is 0 Å². The minimum Gasteiger partial charge on any atom is -0.490 e. The van der Waals surface area contributed by atoms with Crippen molar-refractivity contribution in [1.82, 2.24) is 4.90 Å². The van der Waals surface area contributed by atoms with Gasteiger partial charge in [0.2, 0.25) is 0 Å². The third-order valence-electron chi connectivity index (χ3n) is 3.74. The Balaban J connectivity index is 1.71. The maximum atomic E-state index is 6.12. The normalized spacial score (nSPS) is 17.3. The number of thioether (sulfide) groups is 1. The molecule has 1 aliphatic heterocycles. The second-order valence-electron chi connectivity index (χ2n) is 5.76. The highest BCUT2D eigenvalue weighted by atomic mass is 32.2. The lowest BCUT2D eigenvalue weighted by Gasteiger charge is -2.32. The van der Waals surface area contributed by atoms with E-state index in [-0.39, 0.29) is 0 Å². The van der Waals surface area contributed by atoms with Crippen LogP contribution in [0.1, 0.15) is 26.7 Å². The predicted molar refractivity (Wildman–Crippen MR) is 89.4 cm³/mol. The third kappa shape index (κ3) is 5.89. The van der Waals surface area contributed by atoms with Gasteiger partial charge in [0, 0.05) is 24.5 Å². The zero-order chi connectivity index (χ0) is 15.1. The van der Waals surface area contributed by atoms with E-state index in [1.165, 1.54) is 4.90 Å². The fourth-order valence-corrected chi connectivity index (χ4v) is 2.98. The molecule has 2 rings (SSSR count). The highest BCUT2D eigenvalue weighted by Gasteiger charge is 2.20. The van der Waals surface area contributed by atoms with Gasteiger partial charge in [-0.3, -0.25) is 0 Å². The number of hydrogen-bond donors (Lipinski definition) is 0. The summed E-state index contributed by atoms with van der Waals surface area (Å²) in [6.07, 6.45) is 4.98. The lowest BCUT2D eigenvalue weighted by Crippen LogP contribution is -2.40. The number of nitrogens with zero attached hydrogens (tertiary/aromatic N) is 1. The highest BCUT2D eigenvalue weighted by molar-refractivity contribution is 7.98. The maximum Gasteiger partial charge on any atom is 0.120 e. The molecule has 0 spiro atoms. The molecule has 1 fully saturated rings. The molecular weight excluding hydrogens is 282 g/mol. The van der Waals surface area contributed by atoms with E-state index >= 15 is 0 Å². The van der Waals surface area contributed by atoms with Gasteiger partial charge in [0.1, 0.15) is 11.9 Å². The van der Waals surface area contributed by atoms with Crippen molar-refractivity contribution in [2.24, 2.45) is 0 Å². The molecular formula is C17H27NO2S. The Morgan fingerprint density at radius 1 is 1.29 bits per heavy atom. The number of piperidine rings is 1. The first-order valence-corrected chi connectivity index (χ1v) is 9.04. The summed E-state index contributed by atoms with van der Waals surface area (Å²) in [4.78, 5) is 3.73. The van der Waals surface area contributed by atoms with Crippen molar-refractivity contribution in [3.63, 3.8) is 0 Å². The van der Waals surface area contributed by atoms with Gasteiger partial charge in [-0.1, -0.05) is 6.07 Å². The Kier molecular flexibility index (Phi) is 6.87. The standard InChI is InChI=1S/C17H27NO2S/c1-14(2)19-12-11-18-9-7-15(8-10-18)20-16-5-4-6-17(13-16)21-3/h4-6,13-15H,7-12H2,1-3H3. The number of hydrogen-bond acceptors (Lipinski definition) is 4. The van der Waals surface area contributed by atoms with Crippen molar-refractivity contribution in [3.05, 3.63) is 24.3 Å². The van der Waals surface area contributed by atoms with Crippen LogP contribution >= 0.6 is 11.8 Å². The first-order chi connectivity index (χ1) is 10.2. The third-order valence-corrected chi connectivity index (χ3v) is 4.46. The van der Waals surface area contributed by atoms with Crippen LogP contribution in [0.5, 0.6) is 5.75 Å². The van der Waals surface area contributed by atoms with Gasteiger partial charge in [-0.05, 0) is 51.1 Å². The molecule has 0 unspecified atom stereocenters. The summed E-state index contributed by atoms with van der Waals surface area (Å²) in [7, 11) is 0. The van der Waals surface area contributed by atoms with Gasteiger partial charge in [0.15, 0.2) is 0 Å². The molecule has 0 amide bonds. The van der Waals surface area contributed by atoms with Crippen LogP contribution in [0.2, 0.25) is 0 Å². The second kappa shape index (κ2) is 8.66. The van der Waals surface area contributed by atoms with E-state index in [2.05, 4.69) is 49.3 Å². The van der Waals surface area contributed by atoms with Gasteiger partial charge >= 0.3 is 0 Å². The van der Waals surface area contributed by atoms with Crippen molar-refractivity contribution in [2.45, 2.75) is 43.8 Å². The SMILES string of the molecule is CSc1cccc(OC2CCN(CCOC(C)C)CC2)c1. The molecule has 1 aromatic rings. The van der Waals surface area contributed by atoms with E-state index in [4.69, 9.17) is 9.47 Å². The predicted octanol–water partition coefficient (Wildman–Crippen LogP) is 3.68. The van der Waals surface area contributed by atoms with Crippen LogP contribution in [-0.2, 0) is 4.74 Å². The number of benzene rings is 1. The zero-order valence-corrected chi connectivity index (χ0v) is 14.2. The summed E-state index contributed by atoms with van der Waals surface area (Å²) in [5.41, 5.74) is 0. The Morgan fingerprint density at radius 2 is 2.05 bits per heavy atom. The quantitative estimate of drug-likeness (QED) is 0.716. The van der Waals surface area contributed by atoms with Crippen LogP contribution in [-0.4, -0.2) is 49.6 Å². The van der Waals surface area contributed by atoms with Gasteiger partial charge in [0.25, 0.3) is 0 Å². The smallest absolute Gasteiger partial charge is 0.120 e. The van der Waals surface area contributed by atoms with Gasteiger partial charge < -0.3 is 14.4 Å². The van der Waals surface area contributed by atoms with Gasteiger partial charge in [-0.2, -0.15) is 0 Å². The summed E-state index contributed by atoms with van der Waals surface area (Å²) in [5.74, 6) is 1.00. The lowest BCUT2D eigenvalue weighted by molar-refractivity contribution is 0.0404. The van der Waals surface area contributed by atoms with Crippen LogP contribution in [0, 0.1) is 0 Å². The largest absolute Gasteiger partial charge is 0.490 e. The van der Waals surface area contributed by atoms with Gasteiger partial charge in [-0.25, -0.2) is 0 Å². The molecule has 21 heavy (non-hydrogen) atoms. The molecule has 0 aromatic heterocycles. The summed E-state index contributed by atoms with van der Waals surface area (Å²) in [6.45, 7) is 8.25. The van der Waals surface area contributed by atoms with Crippen LogP contribution in [0.3, 0.4) is 0 Å². The maximum absolute atomic E-state index is 6.12. The van der Waals surface area contributed by atoms with Gasteiger partial charge in [-0.15, -0.1) is 11.8 Å². The Morgan fingerprint density at radius 3 is 2.71 bits per heavy atom. The monoisotopic (exact) mass is 309 g/mol. The van der Waals surface area contributed by atoms with Crippen LogP contribution in [0.4, 0.5) is 0 Å². The molecule has 0 saturated carbocycles.